The van der Waals surface area contributed by atoms with Crippen LogP contribution in [0.15, 0.2) is 108 Å². The average Bonchev–Trinajstić information content (AvgIpc) is 3.64. The van der Waals surface area contributed by atoms with E-state index in [2.05, 4.69) is 0 Å². The van der Waals surface area contributed by atoms with Gasteiger partial charge in [-0.3, -0.25) is 14.5 Å². The number of halogens is 2. The lowest BCUT2D eigenvalue weighted by Gasteiger charge is -2.31. The van der Waals surface area contributed by atoms with Crippen molar-refractivity contribution in [3.05, 3.63) is 120 Å². The van der Waals surface area contributed by atoms with Crippen molar-refractivity contribution >= 4 is 52.6 Å². The number of Topliss-reactive ketones (excluding diaryl/α,β-unsaturated/α-hetero) is 1. The summed E-state index contributed by atoms with van der Waals surface area (Å²) in [5.41, 5.74) is 2.34. The van der Waals surface area contributed by atoms with Gasteiger partial charge in [-0.1, -0.05) is 114 Å². The number of allylic oxidation sites excluding steroid dienone is 5. The van der Waals surface area contributed by atoms with Crippen LogP contribution in [0.5, 0.6) is 0 Å². The molecule has 2 unspecified atom stereocenters. The number of alkyl halides is 2. The molecule has 2 aliphatic heterocycles. The van der Waals surface area contributed by atoms with E-state index in [0.29, 0.717) is 17.7 Å². The van der Waals surface area contributed by atoms with Crippen molar-refractivity contribution in [1.29, 1.82) is 0 Å². The number of rotatable bonds is 11. The van der Waals surface area contributed by atoms with E-state index in [1.54, 1.807) is 12.2 Å². The first kappa shape index (κ1) is 30.4. The number of amides is 1. The topological polar surface area (TPSA) is 76.2 Å². The number of benzene rings is 2. The summed E-state index contributed by atoms with van der Waals surface area (Å²) >= 11 is 13.5. The number of carbonyl (C=O) groups excluding carboxylic acids is 3. The first-order chi connectivity index (χ1) is 20.3. The fraction of sp³-hybridized carbons (Fsp3) is 0.303. The zero-order valence-electron chi connectivity index (χ0n) is 22.9. The van der Waals surface area contributed by atoms with Crippen LogP contribution < -0.4 is 0 Å². The summed E-state index contributed by atoms with van der Waals surface area (Å²) in [5, 5.41) is 0. The molecule has 2 aromatic rings. The van der Waals surface area contributed by atoms with Crippen LogP contribution >= 0.6 is 35.0 Å². The molecule has 0 radical (unpaired) electrons. The highest BCUT2D eigenvalue weighted by Gasteiger charge is 2.52. The third-order valence-corrected chi connectivity index (χ3v) is 8.75. The molecular weight excluding hydrogens is 593 g/mol. The van der Waals surface area contributed by atoms with E-state index >= 15 is 0 Å². The quantitative estimate of drug-likeness (QED) is 0.151. The molecule has 218 valence electrons. The van der Waals surface area contributed by atoms with Crippen molar-refractivity contribution < 1.29 is 23.9 Å². The molecule has 2 atom stereocenters. The van der Waals surface area contributed by atoms with Gasteiger partial charge in [0.25, 0.3) is 0 Å². The van der Waals surface area contributed by atoms with E-state index in [1.807, 2.05) is 85.0 Å². The summed E-state index contributed by atoms with van der Waals surface area (Å²) in [4.78, 5) is 41.7. The van der Waals surface area contributed by atoms with Gasteiger partial charge >= 0.3 is 5.97 Å². The van der Waals surface area contributed by atoms with E-state index in [0.717, 1.165) is 17.5 Å². The van der Waals surface area contributed by atoms with Gasteiger partial charge in [0.05, 0.1) is 5.88 Å². The number of ketones is 1. The van der Waals surface area contributed by atoms with Crippen molar-refractivity contribution in [3.8, 4) is 0 Å². The van der Waals surface area contributed by atoms with Gasteiger partial charge in [0.2, 0.25) is 10.4 Å². The van der Waals surface area contributed by atoms with Crippen molar-refractivity contribution in [3.63, 3.8) is 0 Å². The summed E-state index contributed by atoms with van der Waals surface area (Å²) in [5.74, 6) is -0.0381. The van der Waals surface area contributed by atoms with Gasteiger partial charge in [-0.25, -0.2) is 4.79 Å². The summed E-state index contributed by atoms with van der Waals surface area (Å²) in [7, 11) is 0. The standard InChI is InChI=1S/C33H31Cl2NO5S/c34-33(35)28(41-33)18-16-26-21-42-22-36(29(38)19-17-27(37)20-23-10-4-1-5-11-23)30(26)32(39)40-31(24-12-6-2-7-13-24)25-14-8-3-9-15-25/h1-10,12-16,18,23,28,31H,11,17,19-22H2/b18-16+. The van der Waals surface area contributed by atoms with E-state index in [4.69, 9.17) is 32.7 Å². The van der Waals surface area contributed by atoms with Crippen molar-refractivity contribution in [2.75, 3.05) is 11.6 Å². The molecule has 0 bridgehead atoms. The van der Waals surface area contributed by atoms with Crippen LogP contribution in [0, 0.1) is 5.92 Å². The molecule has 9 heteroatoms. The van der Waals surface area contributed by atoms with E-state index in [9.17, 15) is 14.4 Å². The van der Waals surface area contributed by atoms with Gasteiger partial charge in [-0.05, 0) is 35.1 Å². The molecule has 5 rings (SSSR count). The van der Waals surface area contributed by atoms with Crippen LogP contribution in [0.1, 0.15) is 42.9 Å². The second-order valence-corrected chi connectivity index (χ2v) is 12.6. The Morgan fingerprint density at radius 3 is 2.29 bits per heavy atom. The molecular formula is C33H31Cl2NO5S. The highest BCUT2D eigenvalue weighted by Crippen LogP contribution is 2.45. The number of hydrogen-bond acceptors (Lipinski definition) is 6. The summed E-state index contributed by atoms with van der Waals surface area (Å²) < 4.78 is 10.1. The first-order valence-corrected chi connectivity index (χ1v) is 15.7. The van der Waals surface area contributed by atoms with Crippen LogP contribution in [-0.2, 0) is 23.9 Å². The molecule has 6 nitrogen and oxygen atoms in total. The SMILES string of the molecule is O=C(CCC(=O)N1CSCC(/C=C/C2OC2(Cl)Cl)=C1C(=O)OC(c1ccccc1)c1ccccc1)CC1C=CC=CC1. The predicted molar refractivity (Wildman–Crippen MR) is 166 cm³/mol. The Bertz CT molecular complexity index is 1380. The Morgan fingerprint density at radius 1 is 1.02 bits per heavy atom. The van der Waals surface area contributed by atoms with Crippen LogP contribution in [0.3, 0.4) is 0 Å². The van der Waals surface area contributed by atoms with Crippen LogP contribution in [0.2, 0.25) is 0 Å². The van der Waals surface area contributed by atoms with Gasteiger partial charge in [0.15, 0.2) is 6.10 Å². The van der Waals surface area contributed by atoms with Gasteiger partial charge in [-0.2, -0.15) is 0 Å². The maximum absolute atomic E-state index is 14.0. The second-order valence-electron chi connectivity index (χ2n) is 10.3. The summed E-state index contributed by atoms with van der Waals surface area (Å²) in [6.45, 7) is 0. The van der Waals surface area contributed by atoms with Gasteiger partial charge in [0, 0.05) is 25.0 Å². The first-order valence-electron chi connectivity index (χ1n) is 13.8. The smallest absolute Gasteiger partial charge is 0.356 e. The fourth-order valence-electron chi connectivity index (χ4n) is 4.91. The minimum Gasteiger partial charge on any atom is -0.448 e. The molecule has 2 aromatic carbocycles. The third-order valence-electron chi connectivity index (χ3n) is 7.18. The molecule has 1 fully saturated rings. The number of esters is 1. The van der Waals surface area contributed by atoms with Gasteiger partial charge in [0.1, 0.15) is 17.6 Å². The van der Waals surface area contributed by atoms with Crippen molar-refractivity contribution in [2.45, 2.75) is 42.4 Å². The molecule has 0 aromatic heterocycles. The molecule has 0 spiro atoms. The average molecular weight is 625 g/mol. The Balaban J connectivity index is 1.38. The Hall–Kier alpha value is -3.10. The molecule has 2 heterocycles. The number of thioether (sulfide) groups is 1. The lowest BCUT2D eigenvalue weighted by atomic mass is 9.94. The van der Waals surface area contributed by atoms with Gasteiger partial charge < -0.3 is 9.47 Å². The summed E-state index contributed by atoms with van der Waals surface area (Å²) in [6.07, 6.45) is 11.5. The number of carbonyl (C=O) groups is 3. The number of hydrogen-bond donors (Lipinski definition) is 0. The Labute approximate surface area is 260 Å². The maximum Gasteiger partial charge on any atom is 0.356 e. The zero-order chi connectivity index (χ0) is 29.5. The van der Waals surface area contributed by atoms with E-state index in [-0.39, 0.29) is 42.0 Å². The summed E-state index contributed by atoms with van der Waals surface area (Å²) in [6, 6.07) is 18.9. The van der Waals surface area contributed by atoms with E-state index in [1.165, 1.54) is 16.7 Å². The monoisotopic (exact) mass is 623 g/mol. The Kier molecular flexibility index (Phi) is 10.1. The zero-order valence-corrected chi connectivity index (χ0v) is 25.2. The lowest BCUT2D eigenvalue weighted by Crippen LogP contribution is -2.38. The van der Waals surface area contributed by atoms with Crippen molar-refractivity contribution in [2.24, 2.45) is 5.92 Å². The fourth-order valence-corrected chi connectivity index (χ4v) is 6.25. The molecule has 1 amide bonds. The maximum atomic E-state index is 14.0. The molecule has 0 saturated carbocycles. The number of epoxide rings is 1. The minimum atomic E-state index is -1.30. The largest absolute Gasteiger partial charge is 0.448 e. The van der Waals surface area contributed by atoms with Crippen molar-refractivity contribution in [1.82, 2.24) is 4.90 Å². The molecule has 0 N–H and O–H groups in total. The lowest BCUT2D eigenvalue weighted by molar-refractivity contribution is -0.147. The highest BCUT2D eigenvalue weighted by molar-refractivity contribution is 7.99. The minimum absolute atomic E-state index is 0.00154. The molecule has 1 saturated heterocycles. The van der Waals surface area contributed by atoms with Gasteiger partial charge in [-0.15, -0.1) is 11.8 Å². The predicted octanol–water partition coefficient (Wildman–Crippen LogP) is 7.06. The van der Waals surface area contributed by atoms with Crippen LogP contribution in [0.4, 0.5) is 0 Å². The van der Waals surface area contributed by atoms with E-state index < -0.39 is 22.7 Å². The number of nitrogens with zero attached hydrogens (tertiary/aromatic N) is 1. The molecule has 42 heavy (non-hydrogen) atoms. The Morgan fingerprint density at radius 2 is 1.69 bits per heavy atom. The molecule has 3 aliphatic rings. The van der Waals surface area contributed by atoms with Crippen LogP contribution in [-0.4, -0.2) is 44.8 Å². The number of ether oxygens (including phenoxy) is 2. The third kappa shape index (κ3) is 7.84. The molecule has 1 aliphatic carbocycles. The normalized spacial score (nSPS) is 21.2. The van der Waals surface area contributed by atoms with Crippen LogP contribution in [0.25, 0.3) is 0 Å². The highest BCUT2D eigenvalue weighted by atomic mass is 35.5. The second kappa shape index (κ2) is 13.9.